The van der Waals surface area contributed by atoms with E-state index < -0.39 is 53.3 Å². The first kappa shape index (κ1) is 27.2. The second kappa shape index (κ2) is 9.97. The summed E-state index contributed by atoms with van der Waals surface area (Å²) in [6.07, 6.45) is -3.13. The van der Waals surface area contributed by atoms with E-state index in [4.69, 9.17) is 11.6 Å². The van der Waals surface area contributed by atoms with Gasteiger partial charge in [0.1, 0.15) is 11.6 Å². The van der Waals surface area contributed by atoms with E-state index >= 15 is 0 Å². The smallest absolute Gasteiger partial charge is 0.341 e. The highest BCUT2D eigenvalue weighted by Crippen LogP contribution is 2.42. The minimum atomic E-state index is -4.95. The largest absolute Gasteiger partial charge is 0.416 e. The number of carbonyl (C=O) groups is 2. The topological polar surface area (TPSA) is 76.0 Å². The molecule has 0 spiro atoms. The number of benzene rings is 3. The van der Waals surface area contributed by atoms with E-state index in [0.717, 1.165) is 24.7 Å². The Kier molecular flexibility index (Phi) is 6.78. The summed E-state index contributed by atoms with van der Waals surface area (Å²) in [5.74, 6) is -3.89. The van der Waals surface area contributed by atoms with E-state index in [1.807, 2.05) is 0 Å². The van der Waals surface area contributed by atoms with Crippen LogP contribution in [-0.4, -0.2) is 21.4 Å². The van der Waals surface area contributed by atoms with Crippen LogP contribution < -0.4 is 10.6 Å². The lowest BCUT2D eigenvalue weighted by atomic mass is 9.93. The number of imidazole rings is 1. The van der Waals surface area contributed by atoms with Crippen molar-refractivity contribution >= 4 is 29.1 Å². The lowest BCUT2D eigenvalue weighted by molar-refractivity contribution is -0.137. The zero-order valence-corrected chi connectivity index (χ0v) is 20.4. The number of rotatable bonds is 5. The van der Waals surface area contributed by atoms with Gasteiger partial charge in [-0.05, 0) is 48.5 Å². The van der Waals surface area contributed by atoms with Gasteiger partial charge in [0.2, 0.25) is 0 Å². The number of anilines is 1. The Morgan fingerprint density at radius 1 is 1.05 bits per heavy atom. The Hall–Kier alpha value is -4.39. The van der Waals surface area contributed by atoms with Gasteiger partial charge in [0.05, 0.1) is 23.6 Å². The number of carbonyl (C=O) groups excluding carboxylic acids is 2. The molecule has 2 amide bonds. The van der Waals surface area contributed by atoms with Crippen LogP contribution in [0.4, 0.5) is 36.4 Å². The molecule has 3 aromatic carbocycles. The molecule has 2 N–H and O–H groups in total. The highest BCUT2D eigenvalue weighted by Gasteiger charge is 2.36. The van der Waals surface area contributed by atoms with Crippen molar-refractivity contribution in [1.29, 1.82) is 0 Å². The zero-order chi connectivity index (χ0) is 28.9. The predicted molar refractivity (Wildman–Crippen MR) is 129 cm³/mol. The predicted octanol–water partition coefficient (Wildman–Crippen LogP) is 6.98. The fourth-order valence-corrected chi connectivity index (χ4v) is 4.55. The van der Waals surface area contributed by atoms with Crippen molar-refractivity contribution in [2.24, 2.45) is 0 Å². The average molecular weight is 583 g/mol. The lowest BCUT2D eigenvalue weighted by Gasteiger charge is -2.19. The third kappa shape index (κ3) is 5.11. The van der Waals surface area contributed by atoms with Gasteiger partial charge >= 0.3 is 12.7 Å². The zero-order valence-electron chi connectivity index (χ0n) is 19.7. The molecule has 4 aromatic rings. The van der Waals surface area contributed by atoms with Crippen LogP contribution in [0.25, 0.3) is 11.3 Å². The molecule has 6 nitrogen and oxygen atoms in total. The highest BCUT2D eigenvalue weighted by molar-refractivity contribution is 6.31. The number of hydrogen-bond donors (Lipinski definition) is 2. The van der Waals surface area contributed by atoms with Crippen LogP contribution in [0, 0.1) is 11.6 Å². The van der Waals surface area contributed by atoms with Gasteiger partial charge in [0.25, 0.3) is 11.8 Å². The third-order valence-electron chi connectivity index (χ3n) is 6.12. The molecule has 0 bridgehead atoms. The van der Waals surface area contributed by atoms with E-state index in [0.29, 0.717) is 16.7 Å². The molecule has 0 fully saturated rings. The molecule has 0 saturated carbocycles. The first-order valence-corrected chi connectivity index (χ1v) is 11.6. The standard InChI is InChI=1S/C26H14ClF7N4O2/c27-18-2-1-14(28)8-16(18)22-21-17(24(40)37-22)5-11(20-9-38(10-35-20)25(30)31)6-19(21)36-23(39)12-3-13(26(32,33)34)7-15(29)4-12/h1-10,22,25H,(H,36,39)(H,37,40)/t22-/m0/s1. The van der Waals surface area contributed by atoms with Crippen LogP contribution >= 0.6 is 11.6 Å². The van der Waals surface area contributed by atoms with Gasteiger partial charge in [0, 0.05) is 44.7 Å². The van der Waals surface area contributed by atoms with Gasteiger partial charge < -0.3 is 10.6 Å². The fourth-order valence-electron chi connectivity index (χ4n) is 4.32. The Balaban J connectivity index is 1.66. The second-order valence-corrected chi connectivity index (χ2v) is 9.13. The van der Waals surface area contributed by atoms with Gasteiger partial charge in [-0.15, -0.1) is 0 Å². The first-order chi connectivity index (χ1) is 18.8. The van der Waals surface area contributed by atoms with Gasteiger partial charge in [0.15, 0.2) is 0 Å². The van der Waals surface area contributed by atoms with Crippen LogP contribution in [0.2, 0.25) is 5.02 Å². The molecule has 5 rings (SSSR count). The summed E-state index contributed by atoms with van der Waals surface area (Å²) < 4.78 is 94.5. The highest BCUT2D eigenvalue weighted by atomic mass is 35.5. The summed E-state index contributed by atoms with van der Waals surface area (Å²) >= 11 is 6.24. The van der Waals surface area contributed by atoms with Gasteiger partial charge in [-0.25, -0.2) is 13.8 Å². The van der Waals surface area contributed by atoms with E-state index in [-0.39, 0.29) is 44.7 Å². The summed E-state index contributed by atoms with van der Waals surface area (Å²) in [7, 11) is 0. The fraction of sp³-hybridized carbons (Fsp3) is 0.115. The molecule has 0 radical (unpaired) electrons. The maximum absolute atomic E-state index is 14.1. The SMILES string of the molecule is O=C(Nc1cc(-c2cn(C(F)F)cn2)cc2c1[C@H](c1cc(F)ccc1Cl)NC2=O)c1cc(F)cc(C(F)(F)F)c1. The molecule has 206 valence electrons. The Morgan fingerprint density at radius 2 is 1.80 bits per heavy atom. The monoisotopic (exact) mass is 582 g/mol. The first-order valence-electron chi connectivity index (χ1n) is 11.3. The molecule has 1 atom stereocenters. The Labute approximate surface area is 225 Å². The van der Waals surface area contributed by atoms with Crippen LogP contribution in [-0.2, 0) is 6.18 Å². The number of alkyl halides is 5. The molecule has 1 aromatic heterocycles. The second-order valence-electron chi connectivity index (χ2n) is 8.72. The lowest BCUT2D eigenvalue weighted by Crippen LogP contribution is -2.21. The normalized spacial score (nSPS) is 14.8. The minimum absolute atomic E-state index is 0.0243. The van der Waals surface area contributed by atoms with Crippen molar-refractivity contribution in [1.82, 2.24) is 14.9 Å². The molecule has 0 saturated heterocycles. The molecule has 1 aliphatic rings. The van der Waals surface area contributed by atoms with Crippen molar-refractivity contribution in [3.63, 3.8) is 0 Å². The van der Waals surface area contributed by atoms with Crippen molar-refractivity contribution in [2.75, 3.05) is 5.32 Å². The number of aromatic nitrogens is 2. The molecule has 1 aliphatic heterocycles. The van der Waals surface area contributed by atoms with Crippen molar-refractivity contribution < 1.29 is 40.3 Å². The van der Waals surface area contributed by atoms with E-state index in [2.05, 4.69) is 15.6 Å². The average Bonchev–Trinajstić information content (AvgIpc) is 3.50. The molecular weight excluding hydrogens is 569 g/mol. The van der Waals surface area contributed by atoms with Crippen molar-refractivity contribution in [2.45, 2.75) is 18.8 Å². The summed E-state index contributed by atoms with van der Waals surface area (Å²) in [4.78, 5) is 29.9. The summed E-state index contributed by atoms with van der Waals surface area (Å²) in [5.41, 5.74) is -2.10. The van der Waals surface area contributed by atoms with Crippen LogP contribution in [0.3, 0.4) is 0 Å². The molecule has 40 heavy (non-hydrogen) atoms. The van der Waals surface area contributed by atoms with E-state index in [9.17, 15) is 40.3 Å². The Bertz CT molecular complexity index is 1670. The maximum Gasteiger partial charge on any atom is 0.416 e. The van der Waals surface area contributed by atoms with Crippen molar-refractivity contribution in [3.05, 3.63) is 106 Å². The van der Waals surface area contributed by atoms with Crippen molar-refractivity contribution in [3.8, 4) is 11.3 Å². The van der Waals surface area contributed by atoms with Crippen LogP contribution in [0.15, 0.2) is 61.1 Å². The minimum Gasteiger partial charge on any atom is -0.341 e. The molecule has 2 heterocycles. The van der Waals surface area contributed by atoms with Gasteiger partial charge in [-0.2, -0.15) is 22.0 Å². The molecular formula is C26H14ClF7N4O2. The quantitative estimate of drug-likeness (QED) is 0.249. The van der Waals surface area contributed by atoms with Gasteiger partial charge in [-0.3, -0.25) is 14.2 Å². The Morgan fingerprint density at radius 3 is 2.48 bits per heavy atom. The third-order valence-corrected chi connectivity index (χ3v) is 6.46. The van der Waals surface area contributed by atoms with Gasteiger partial charge in [-0.1, -0.05) is 11.6 Å². The molecule has 0 aliphatic carbocycles. The summed E-state index contributed by atoms with van der Waals surface area (Å²) in [6, 6.07) is 6.05. The molecule has 14 heteroatoms. The van der Waals surface area contributed by atoms with E-state index in [1.54, 1.807) is 0 Å². The van der Waals surface area contributed by atoms with Crippen LogP contribution in [0.5, 0.6) is 0 Å². The number of nitrogens with one attached hydrogen (secondary N) is 2. The number of fused-ring (bicyclic) bond motifs is 1. The van der Waals surface area contributed by atoms with E-state index in [1.165, 1.54) is 18.2 Å². The number of amides is 2. The summed E-state index contributed by atoms with van der Waals surface area (Å²) in [6.45, 7) is -2.92. The summed E-state index contributed by atoms with van der Waals surface area (Å²) in [5, 5.41) is 5.03. The maximum atomic E-state index is 14.1. The van der Waals surface area contributed by atoms with Crippen LogP contribution in [0.1, 0.15) is 50.0 Å². The molecule has 0 unspecified atom stereocenters. The number of halogens is 8. The number of hydrogen-bond acceptors (Lipinski definition) is 3. The number of nitrogens with zero attached hydrogens (tertiary/aromatic N) is 2.